The van der Waals surface area contributed by atoms with Crippen LogP contribution in [0.5, 0.6) is 5.75 Å². The van der Waals surface area contributed by atoms with E-state index in [9.17, 15) is 0 Å². The highest BCUT2D eigenvalue weighted by atomic mass is 79.9. The Morgan fingerprint density at radius 3 is 2.59 bits per heavy atom. The minimum atomic E-state index is 0.324. The van der Waals surface area contributed by atoms with Gasteiger partial charge in [-0.2, -0.15) is 0 Å². The van der Waals surface area contributed by atoms with E-state index in [1.54, 1.807) is 23.5 Å². The smallest absolute Gasteiger partial charge is 0.115 e. The number of rotatable bonds is 5. The van der Waals surface area contributed by atoms with E-state index < -0.39 is 0 Å². The Morgan fingerprint density at radius 2 is 1.94 bits per heavy atom. The van der Waals surface area contributed by atoms with Gasteiger partial charge >= 0.3 is 0 Å². The minimum absolute atomic E-state index is 0.324. The molecule has 2 rings (SSSR count). The minimum Gasteiger partial charge on any atom is -0.508 e. The fourth-order valence-electron chi connectivity index (χ4n) is 1.57. The molecule has 0 spiro atoms. The molecular formula is C13H14BrNOS. The molecule has 0 fully saturated rings. The molecule has 1 aromatic carbocycles. The SMILES string of the molecule is Oc1ccc(CCNCc2csc(Br)c2)cc1. The highest BCUT2D eigenvalue weighted by molar-refractivity contribution is 9.11. The molecule has 2 nitrogen and oxygen atoms in total. The van der Waals surface area contributed by atoms with Crippen molar-refractivity contribution >= 4 is 27.3 Å². The highest BCUT2D eigenvalue weighted by Crippen LogP contribution is 2.20. The Hall–Kier alpha value is -0.840. The standard InChI is InChI=1S/C13H14BrNOS/c14-13-7-11(9-17-13)8-15-6-5-10-1-3-12(16)4-2-10/h1-4,7,9,15-16H,5-6,8H2. The third kappa shape index (κ3) is 4.15. The van der Waals surface area contributed by atoms with Crippen LogP contribution in [0.1, 0.15) is 11.1 Å². The van der Waals surface area contributed by atoms with Crippen LogP contribution in [0, 0.1) is 0 Å². The van der Waals surface area contributed by atoms with E-state index in [1.165, 1.54) is 14.9 Å². The first-order valence-electron chi connectivity index (χ1n) is 5.45. The van der Waals surface area contributed by atoms with E-state index in [2.05, 4.69) is 32.7 Å². The Morgan fingerprint density at radius 1 is 1.18 bits per heavy atom. The molecule has 90 valence electrons. The lowest BCUT2D eigenvalue weighted by Gasteiger charge is -2.03. The van der Waals surface area contributed by atoms with Gasteiger partial charge in [-0.3, -0.25) is 0 Å². The van der Waals surface area contributed by atoms with Crippen molar-refractivity contribution in [1.82, 2.24) is 5.32 Å². The van der Waals surface area contributed by atoms with Gasteiger partial charge in [0.1, 0.15) is 5.75 Å². The molecule has 1 aromatic heterocycles. The molecule has 0 saturated heterocycles. The first-order chi connectivity index (χ1) is 8.24. The van der Waals surface area contributed by atoms with Crippen LogP contribution in [0.2, 0.25) is 0 Å². The van der Waals surface area contributed by atoms with Crippen LogP contribution in [-0.4, -0.2) is 11.7 Å². The molecule has 0 amide bonds. The van der Waals surface area contributed by atoms with Crippen LogP contribution in [0.4, 0.5) is 0 Å². The zero-order valence-electron chi connectivity index (χ0n) is 9.32. The lowest BCUT2D eigenvalue weighted by Crippen LogP contribution is -2.16. The average Bonchev–Trinajstić information content (AvgIpc) is 2.73. The summed E-state index contributed by atoms with van der Waals surface area (Å²) in [7, 11) is 0. The molecule has 0 unspecified atom stereocenters. The maximum Gasteiger partial charge on any atom is 0.115 e. The molecule has 2 N–H and O–H groups in total. The Balaban J connectivity index is 1.71. The van der Waals surface area contributed by atoms with Crippen LogP contribution in [-0.2, 0) is 13.0 Å². The maximum atomic E-state index is 9.16. The van der Waals surface area contributed by atoms with Crippen molar-refractivity contribution in [3.63, 3.8) is 0 Å². The largest absolute Gasteiger partial charge is 0.508 e. The Kier molecular flexibility index (Phi) is 4.59. The summed E-state index contributed by atoms with van der Waals surface area (Å²) in [6.45, 7) is 1.85. The van der Waals surface area contributed by atoms with E-state index in [-0.39, 0.29) is 0 Å². The highest BCUT2D eigenvalue weighted by Gasteiger charge is 1.97. The summed E-state index contributed by atoms with van der Waals surface area (Å²) in [6, 6.07) is 9.51. The molecule has 0 bridgehead atoms. The molecule has 0 radical (unpaired) electrons. The topological polar surface area (TPSA) is 32.3 Å². The molecule has 0 saturated carbocycles. The number of thiophene rings is 1. The number of halogens is 1. The van der Waals surface area contributed by atoms with Crippen LogP contribution >= 0.6 is 27.3 Å². The van der Waals surface area contributed by atoms with Crippen LogP contribution < -0.4 is 5.32 Å². The van der Waals surface area contributed by atoms with E-state index in [4.69, 9.17) is 5.11 Å². The van der Waals surface area contributed by atoms with Crippen molar-refractivity contribution in [3.05, 3.63) is 50.6 Å². The summed E-state index contributed by atoms with van der Waals surface area (Å²) in [5.74, 6) is 0.324. The first kappa shape index (κ1) is 12.6. The van der Waals surface area contributed by atoms with Gasteiger partial charge in [-0.15, -0.1) is 11.3 Å². The number of nitrogens with one attached hydrogen (secondary N) is 1. The lowest BCUT2D eigenvalue weighted by molar-refractivity contribution is 0.475. The fraction of sp³-hybridized carbons (Fsp3) is 0.231. The number of benzene rings is 1. The van der Waals surface area contributed by atoms with Gasteiger partial charge in [-0.05, 0) is 63.6 Å². The van der Waals surface area contributed by atoms with Gasteiger partial charge < -0.3 is 10.4 Å². The van der Waals surface area contributed by atoms with Crippen LogP contribution in [0.3, 0.4) is 0 Å². The van der Waals surface area contributed by atoms with Gasteiger partial charge in [-0.25, -0.2) is 0 Å². The molecule has 0 atom stereocenters. The van der Waals surface area contributed by atoms with Gasteiger partial charge in [0, 0.05) is 6.54 Å². The zero-order chi connectivity index (χ0) is 12.1. The quantitative estimate of drug-likeness (QED) is 0.828. The first-order valence-corrected chi connectivity index (χ1v) is 7.13. The second kappa shape index (κ2) is 6.19. The van der Waals surface area contributed by atoms with Crippen LogP contribution in [0.15, 0.2) is 39.5 Å². The molecule has 0 aliphatic carbocycles. The molecule has 4 heteroatoms. The Labute approximate surface area is 113 Å². The summed E-state index contributed by atoms with van der Waals surface area (Å²) in [4.78, 5) is 0. The van der Waals surface area contributed by atoms with E-state index in [0.717, 1.165) is 19.5 Å². The summed E-state index contributed by atoms with van der Waals surface area (Å²) in [6.07, 6.45) is 0.978. The lowest BCUT2D eigenvalue weighted by atomic mass is 10.1. The monoisotopic (exact) mass is 311 g/mol. The predicted octanol–water partition coefficient (Wildman–Crippen LogP) is 3.55. The number of phenolic OH excluding ortho intramolecular Hbond substituents is 1. The predicted molar refractivity (Wildman–Crippen MR) is 75.5 cm³/mol. The van der Waals surface area contributed by atoms with Crippen molar-refractivity contribution in [1.29, 1.82) is 0 Å². The van der Waals surface area contributed by atoms with Crippen molar-refractivity contribution in [2.75, 3.05) is 6.54 Å². The van der Waals surface area contributed by atoms with Crippen molar-refractivity contribution < 1.29 is 5.11 Å². The van der Waals surface area contributed by atoms with Gasteiger partial charge in [0.25, 0.3) is 0 Å². The number of hydrogen-bond acceptors (Lipinski definition) is 3. The molecular weight excluding hydrogens is 298 g/mol. The fourth-order valence-corrected chi connectivity index (χ4v) is 2.78. The summed E-state index contributed by atoms with van der Waals surface area (Å²) in [5.41, 5.74) is 2.55. The van der Waals surface area contributed by atoms with Gasteiger partial charge in [-0.1, -0.05) is 12.1 Å². The van der Waals surface area contributed by atoms with Gasteiger partial charge in [0.15, 0.2) is 0 Å². The molecule has 2 aromatic rings. The van der Waals surface area contributed by atoms with Crippen molar-refractivity contribution in [3.8, 4) is 5.75 Å². The van der Waals surface area contributed by atoms with E-state index >= 15 is 0 Å². The Bertz CT molecular complexity index is 467. The normalized spacial score (nSPS) is 10.6. The van der Waals surface area contributed by atoms with E-state index in [0.29, 0.717) is 5.75 Å². The molecule has 1 heterocycles. The number of phenols is 1. The van der Waals surface area contributed by atoms with Gasteiger partial charge in [0.2, 0.25) is 0 Å². The zero-order valence-corrected chi connectivity index (χ0v) is 11.7. The summed E-state index contributed by atoms with van der Waals surface area (Å²) >= 11 is 5.16. The van der Waals surface area contributed by atoms with E-state index in [1.807, 2.05) is 12.1 Å². The van der Waals surface area contributed by atoms with Crippen molar-refractivity contribution in [2.24, 2.45) is 0 Å². The summed E-state index contributed by atoms with van der Waals surface area (Å²) in [5, 5.41) is 14.7. The van der Waals surface area contributed by atoms with Gasteiger partial charge in [0.05, 0.1) is 3.79 Å². The second-order valence-electron chi connectivity index (χ2n) is 3.85. The maximum absolute atomic E-state index is 9.16. The second-order valence-corrected chi connectivity index (χ2v) is 6.14. The van der Waals surface area contributed by atoms with Crippen molar-refractivity contribution in [2.45, 2.75) is 13.0 Å². The number of hydrogen-bond donors (Lipinski definition) is 2. The number of aromatic hydroxyl groups is 1. The third-order valence-electron chi connectivity index (χ3n) is 2.48. The molecule has 0 aliphatic rings. The average molecular weight is 312 g/mol. The molecule has 0 aliphatic heterocycles. The summed E-state index contributed by atoms with van der Waals surface area (Å²) < 4.78 is 1.17. The third-order valence-corrected chi connectivity index (χ3v) is 4.03. The molecule has 17 heavy (non-hydrogen) atoms. The van der Waals surface area contributed by atoms with Crippen LogP contribution in [0.25, 0.3) is 0 Å².